The summed E-state index contributed by atoms with van der Waals surface area (Å²) in [4.78, 5) is 19.5. The molecule has 0 aromatic carbocycles. The minimum atomic E-state index is -0.999. The number of nitrogens with zero attached hydrogens (tertiary/aromatic N) is 4. The molecule has 0 amide bonds. The standard InChI is InChI=1S/C12H15N5O2/c1-7-4-8(2)15-11(10(7)12(18)19)13-5-9-14-6-17(3)16-9/h4,6H,5H2,1-3H3,(H,13,15)(H,18,19). The van der Waals surface area contributed by atoms with Crippen molar-refractivity contribution >= 4 is 11.8 Å². The maximum absolute atomic E-state index is 11.3. The zero-order chi connectivity index (χ0) is 14.0. The summed E-state index contributed by atoms with van der Waals surface area (Å²) in [6.45, 7) is 3.90. The molecule has 2 N–H and O–H groups in total. The van der Waals surface area contributed by atoms with Crippen LogP contribution in [0.25, 0.3) is 0 Å². The van der Waals surface area contributed by atoms with E-state index < -0.39 is 5.97 Å². The van der Waals surface area contributed by atoms with Crippen molar-refractivity contribution in [1.29, 1.82) is 0 Å². The van der Waals surface area contributed by atoms with Gasteiger partial charge in [-0.05, 0) is 25.5 Å². The highest BCUT2D eigenvalue weighted by molar-refractivity contribution is 5.94. The first-order chi connectivity index (χ1) is 8.97. The van der Waals surface area contributed by atoms with E-state index in [9.17, 15) is 9.90 Å². The number of pyridine rings is 1. The molecule has 2 heterocycles. The molecule has 2 aromatic heterocycles. The van der Waals surface area contributed by atoms with Crippen LogP contribution in [-0.4, -0.2) is 30.8 Å². The SMILES string of the molecule is Cc1cc(C)c(C(=O)O)c(NCc2ncn(C)n2)n1. The summed E-state index contributed by atoms with van der Waals surface area (Å²) < 4.78 is 1.59. The second kappa shape index (κ2) is 5.05. The fraction of sp³-hybridized carbons (Fsp3) is 0.333. The predicted molar refractivity (Wildman–Crippen MR) is 69.0 cm³/mol. The summed E-state index contributed by atoms with van der Waals surface area (Å²) in [5.74, 6) is -0.0706. The van der Waals surface area contributed by atoms with Crippen LogP contribution in [0, 0.1) is 13.8 Å². The summed E-state index contributed by atoms with van der Waals surface area (Å²) in [5, 5.41) is 16.3. The Balaban J connectivity index is 2.26. The number of aromatic carboxylic acids is 1. The van der Waals surface area contributed by atoms with E-state index in [0.29, 0.717) is 23.8 Å². The minimum absolute atomic E-state index is 0.182. The maximum Gasteiger partial charge on any atom is 0.339 e. The van der Waals surface area contributed by atoms with Gasteiger partial charge in [-0.1, -0.05) is 0 Å². The number of rotatable bonds is 4. The average molecular weight is 261 g/mol. The highest BCUT2D eigenvalue weighted by Gasteiger charge is 2.15. The molecule has 0 aliphatic rings. The van der Waals surface area contributed by atoms with Crippen LogP contribution in [0.15, 0.2) is 12.4 Å². The molecule has 7 nitrogen and oxygen atoms in total. The van der Waals surface area contributed by atoms with Gasteiger partial charge < -0.3 is 10.4 Å². The smallest absolute Gasteiger partial charge is 0.339 e. The molecular weight excluding hydrogens is 246 g/mol. The summed E-state index contributed by atoms with van der Waals surface area (Å²) in [6.07, 6.45) is 1.59. The highest BCUT2D eigenvalue weighted by atomic mass is 16.4. The van der Waals surface area contributed by atoms with E-state index in [-0.39, 0.29) is 5.56 Å². The molecule has 2 rings (SSSR count). The van der Waals surface area contributed by atoms with Crippen LogP contribution >= 0.6 is 0 Å². The van der Waals surface area contributed by atoms with E-state index in [1.807, 2.05) is 6.92 Å². The summed E-state index contributed by atoms with van der Waals surface area (Å²) in [5.41, 5.74) is 1.62. The fourth-order valence-corrected chi connectivity index (χ4v) is 1.86. The Kier molecular flexibility index (Phi) is 3.46. The second-order valence-corrected chi connectivity index (χ2v) is 4.30. The first-order valence-electron chi connectivity index (χ1n) is 5.77. The van der Waals surface area contributed by atoms with Gasteiger partial charge in [0.2, 0.25) is 0 Å². The lowest BCUT2D eigenvalue weighted by atomic mass is 10.1. The van der Waals surface area contributed by atoms with Crippen molar-refractivity contribution in [1.82, 2.24) is 19.7 Å². The number of carboxylic acids is 1. The Morgan fingerprint density at radius 3 is 2.79 bits per heavy atom. The summed E-state index contributed by atoms with van der Waals surface area (Å²) >= 11 is 0. The first kappa shape index (κ1) is 13.0. The molecule has 0 spiro atoms. The second-order valence-electron chi connectivity index (χ2n) is 4.30. The van der Waals surface area contributed by atoms with Crippen molar-refractivity contribution < 1.29 is 9.90 Å². The number of carbonyl (C=O) groups is 1. The van der Waals surface area contributed by atoms with Crippen LogP contribution < -0.4 is 5.32 Å². The van der Waals surface area contributed by atoms with Crippen LogP contribution in [0.1, 0.15) is 27.4 Å². The molecule has 0 atom stereocenters. The minimum Gasteiger partial charge on any atom is -0.478 e. The molecule has 2 aromatic rings. The van der Waals surface area contributed by atoms with Crippen molar-refractivity contribution in [3.8, 4) is 0 Å². The molecule has 100 valence electrons. The zero-order valence-corrected chi connectivity index (χ0v) is 11.0. The normalized spacial score (nSPS) is 10.5. The van der Waals surface area contributed by atoms with E-state index >= 15 is 0 Å². The summed E-state index contributed by atoms with van der Waals surface area (Å²) in [7, 11) is 1.77. The van der Waals surface area contributed by atoms with Crippen LogP contribution in [0.5, 0.6) is 0 Å². The van der Waals surface area contributed by atoms with Crippen molar-refractivity contribution in [3.05, 3.63) is 35.0 Å². The van der Waals surface area contributed by atoms with Crippen LogP contribution in [0.3, 0.4) is 0 Å². The third-order valence-corrected chi connectivity index (χ3v) is 2.62. The Labute approximate surface area is 110 Å². The van der Waals surface area contributed by atoms with Gasteiger partial charge >= 0.3 is 5.97 Å². The lowest BCUT2D eigenvalue weighted by Gasteiger charge is -2.10. The van der Waals surface area contributed by atoms with E-state index in [0.717, 1.165) is 5.69 Å². The van der Waals surface area contributed by atoms with E-state index in [1.165, 1.54) is 0 Å². The lowest BCUT2D eigenvalue weighted by Crippen LogP contribution is -2.12. The number of nitrogens with one attached hydrogen (secondary N) is 1. The van der Waals surface area contributed by atoms with Gasteiger partial charge in [-0.3, -0.25) is 4.68 Å². The van der Waals surface area contributed by atoms with Gasteiger partial charge in [0.25, 0.3) is 0 Å². The molecular formula is C12H15N5O2. The van der Waals surface area contributed by atoms with Gasteiger partial charge in [-0.15, -0.1) is 0 Å². The number of anilines is 1. The van der Waals surface area contributed by atoms with Gasteiger partial charge in [0.15, 0.2) is 5.82 Å². The number of carboxylic acid groups (broad SMARTS) is 1. The van der Waals surface area contributed by atoms with Crippen molar-refractivity contribution in [2.45, 2.75) is 20.4 Å². The fourth-order valence-electron chi connectivity index (χ4n) is 1.86. The third-order valence-electron chi connectivity index (χ3n) is 2.62. The lowest BCUT2D eigenvalue weighted by molar-refractivity contribution is 0.0697. The quantitative estimate of drug-likeness (QED) is 0.857. The maximum atomic E-state index is 11.3. The van der Waals surface area contributed by atoms with Crippen LogP contribution in [0.2, 0.25) is 0 Å². The zero-order valence-electron chi connectivity index (χ0n) is 11.0. The van der Waals surface area contributed by atoms with Crippen LogP contribution in [0.4, 0.5) is 5.82 Å². The van der Waals surface area contributed by atoms with E-state index in [1.54, 1.807) is 31.0 Å². The van der Waals surface area contributed by atoms with Crippen molar-refractivity contribution in [2.75, 3.05) is 5.32 Å². The molecule has 0 saturated carbocycles. The molecule has 0 fully saturated rings. The van der Waals surface area contributed by atoms with Crippen molar-refractivity contribution in [3.63, 3.8) is 0 Å². The number of hydrogen-bond donors (Lipinski definition) is 2. The number of aryl methyl sites for hydroxylation is 3. The Morgan fingerprint density at radius 2 is 2.21 bits per heavy atom. The monoisotopic (exact) mass is 261 g/mol. The molecule has 0 aliphatic heterocycles. The van der Waals surface area contributed by atoms with Crippen LogP contribution in [-0.2, 0) is 13.6 Å². The largest absolute Gasteiger partial charge is 0.478 e. The topological polar surface area (TPSA) is 92.9 Å². The first-order valence-corrected chi connectivity index (χ1v) is 5.77. The number of hydrogen-bond acceptors (Lipinski definition) is 5. The van der Waals surface area contributed by atoms with Gasteiger partial charge in [-0.25, -0.2) is 14.8 Å². The molecule has 7 heteroatoms. The summed E-state index contributed by atoms with van der Waals surface area (Å²) in [6, 6.07) is 1.74. The molecule has 19 heavy (non-hydrogen) atoms. The highest BCUT2D eigenvalue weighted by Crippen LogP contribution is 2.19. The Morgan fingerprint density at radius 1 is 1.47 bits per heavy atom. The van der Waals surface area contributed by atoms with E-state index in [2.05, 4.69) is 20.4 Å². The van der Waals surface area contributed by atoms with Gasteiger partial charge in [0, 0.05) is 12.7 Å². The van der Waals surface area contributed by atoms with Crippen molar-refractivity contribution in [2.24, 2.45) is 7.05 Å². The molecule has 0 radical (unpaired) electrons. The average Bonchev–Trinajstić information content (AvgIpc) is 2.71. The molecule has 0 aliphatic carbocycles. The Bertz CT molecular complexity index is 621. The number of aromatic nitrogens is 4. The van der Waals surface area contributed by atoms with E-state index in [4.69, 9.17) is 0 Å². The van der Waals surface area contributed by atoms with Gasteiger partial charge in [0.1, 0.15) is 17.7 Å². The molecule has 0 saturated heterocycles. The van der Waals surface area contributed by atoms with Gasteiger partial charge in [0.05, 0.1) is 6.54 Å². The molecule has 0 unspecified atom stereocenters. The van der Waals surface area contributed by atoms with Gasteiger partial charge in [-0.2, -0.15) is 5.10 Å². The molecule has 0 bridgehead atoms. The predicted octanol–water partition coefficient (Wildman–Crippen LogP) is 1.14. The Hall–Kier alpha value is -2.44. The third kappa shape index (κ3) is 2.87.